The van der Waals surface area contributed by atoms with Gasteiger partial charge >= 0.3 is 0 Å². The van der Waals surface area contributed by atoms with Crippen molar-refractivity contribution in [3.05, 3.63) is 66.5 Å². The first kappa shape index (κ1) is 26.0. The Balaban J connectivity index is 1.19. The maximum absolute atomic E-state index is 12.6. The topological polar surface area (TPSA) is 79.3 Å². The van der Waals surface area contributed by atoms with E-state index >= 15 is 0 Å². The number of fused-ring (bicyclic) bond motifs is 1. The molecule has 0 saturated heterocycles. The van der Waals surface area contributed by atoms with Crippen LogP contribution < -0.4 is 15.5 Å². The van der Waals surface area contributed by atoms with E-state index in [9.17, 15) is 9.59 Å². The summed E-state index contributed by atoms with van der Waals surface area (Å²) in [4.78, 5) is 26.9. The number of hydrogen-bond acceptors (Lipinski definition) is 4. The van der Waals surface area contributed by atoms with E-state index in [1.54, 1.807) is 0 Å². The van der Waals surface area contributed by atoms with Gasteiger partial charge in [-0.1, -0.05) is 56.5 Å². The summed E-state index contributed by atoms with van der Waals surface area (Å²) >= 11 is 0. The zero-order valence-electron chi connectivity index (χ0n) is 22.5. The molecule has 0 spiro atoms. The van der Waals surface area contributed by atoms with Gasteiger partial charge in [-0.25, -0.2) is 0 Å². The Bertz CT molecular complexity index is 1250. The van der Waals surface area contributed by atoms with Gasteiger partial charge in [-0.05, 0) is 55.5 Å². The lowest BCUT2D eigenvalue weighted by Crippen LogP contribution is -2.44. The maximum atomic E-state index is 12.6. The van der Waals surface area contributed by atoms with Gasteiger partial charge in [-0.2, -0.15) is 5.10 Å². The lowest BCUT2D eigenvalue weighted by molar-refractivity contribution is -0.126. The van der Waals surface area contributed by atoms with Crippen molar-refractivity contribution in [3.63, 3.8) is 0 Å². The highest BCUT2D eigenvalue weighted by Gasteiger charge is 2.32. The second-order valence-corrected chi connectivity index (χ2v) is 10.7. The number of para-hydroxylation sites is 1. The van der Waals surface area contributed by atoms with Gasteiger partial charge in [0.1, 0.15) is 0 Å². The number of anilines is 2. The van der Waals surface area contributed by atoms with Crippen molar-refractivity contribution in [2.75, 3.05) is 16.8 Å². The van der Waals surface area contributed by atoms with Crippen LogP contribution in [-0.4, -0.2) is 34.2 Å². The summed E-state index contributed by atoms with van der Waals surface area (Å²) in [5.74, 6) is 0.548. The molecule has 7 nitrogen and oxygen atoms in total. The molecule has 0 bridgehead atoms. The second-order valence-electron chi connectivity index (χ2n) is 10.7. The first-order valence-electron chi connectivity index (χ1n) is 14.1. The molecule has 2 amide bonds. The molecule has 2 atom stereocenters. The lowest BCUT2D eigenvalue weighted by atomic mass is 9.89. The Hall–Kier alpha value is -3.61. The summed E-state index contributed by atoms with van der Waals surface area (Å²) in [5.41, 5.74) is 5.38. The van der Waals surface area contributed by atoms with Crippen molar-refractivity contribution in [2.45, 2.75) is 77.4 Å². The van der Waals surface area contributed by atoms with Crippen LogP contribution in [0.15, 0.2) is 60.9 Å². The molecular weight excluding hydrogens is 474 g/mol. The quantitative estimate of drug-likeness (QED) is 0.391. The van der Waals surface area contributed by atoms with Crippen molar-refractivity contribution >= 4 is 23.2 Å². The first-order valence-corrected chi connectivity index (χ1v) is 14.1. The predicted molar refractivity (Wildman–Crippen MR) is 152 cm³/mol. The Kier molecular flexibility index (Phi) is 8.11. The van der Waals surface area contributed by atoms with Gasteiger partial charge in [0.05, 0.1) is 18.8 Å². The number of amides is 2. The van der Waals surface area contributed by atoms with E-state index < -0.39 is 0 Å². The Morgan fingerprint density at radius 3 is 2.53 bits per heavy atom. The van der Waals surface area contributed by atoms with Crippen LogP contribution in [0.2, 0.25) is 0 Å². The highest BCUT2D eigenvalue weighted by atomic mass is 16.2. The molecule has 2 aromatic carbocycles. The van der Waals surface area contributed by atoms with Gasteiger partial charge in [-0.3, -0.25) is 14.3 Å². The molecule has 1 saturated carbocycles. The summed E-state index contributed by atoms with van der Waals surface area (Å²) in [6, 6.07) is 16.9. The monoisotopic (exact) mass is 513 g/mol. The largest absolute Gasteiger partial charge is 0.378 e. The molecule has 2 heterocycles. The van der Waals surface area contributed by atoms with Crippen molar-refractivity contribution in [3.8, 4) is 11.1 Å². The van der Waals surface area contributed by atoms with Crippen molar-refractivity contribution in [1.29, 1.82) is 0 Å². The molecule has 1 fully saturated rings. The summed E-state index contributed by atoms with van der Waals surface area (Å²) in [7, 11) is 0. The third-order valence-corrected chi connectivity index (χ3v) is 7.97. The number of rotatable bonds is 8. The lowest BCUT2D eigenvalue weighted by Gasteiger charge is -2.40. The van der Waals surface area contributed by atoms with E-state index in [-0.39, 0.29) is 29.8 Å². The number of carbonyl (C=O) groups excluding carboxylic acids is 2. The standard InChI is InChI=1S/C31H39N5O2/c1-3-30(37)36-22(2)19-28(27-11-7-8-12-29(27)36)34-26-15-13-23(14-16-26)25-20-33-35(21-25)18-17-32-31(38)24-9-5-4-6-10-24/h7-8,11-16,20-22,24,28,34H,3-6,9-10,17-19H2,1-2H3,(H,32,38)/t22-,28+/m0/s1. The van der Waals surface area contributed by atoms with Crippen LogP contribution in [0.1, 0.15) is 70.4 Å². The molecule has 1 aliphatic heterocycles. The number of carbonyl (C=O) groups is 2. The van der Waals surface area contributed by atoms with E-state index in [4.69, 9.17) is 0 Å². The molecule has 38 heavy (non-hydrogen) atoms. The SMILES string of the molecule is CCC(=O)N1c2ccccc2[C@H](Nc2ccc(-c3cnn(CCNC(=O)C4CCCCC4)c3)cc2)C[C@@H]1C. The van der Waals surface area contributed by atoms with Crippen LogP contribution >= 0.6 is 0 Å². The van der Waals surface area contributed by atoms with Crippen LogP contribution in [0.25, 0.3) is 11.1 Å². The summed E-state index contributed by atoms with van der Waals surface area (Å²) in [6.45, 7) is 5.31. The number of hydrogen-bond donors (Lipinski definition) is 2. The molecule has 2 aliphatic rings. The van der Waals surface area contributed by atoms with Crippen molar-refractivity contribution in [2.24, 2.45) is 5.92 Å². The van der Waals surface area contributed by atoms with Gasteiger partial charge in [0.15, 0.2) is 0 Å². The average Bonchev–Trinajstić information content (AvgIpc) is 3.42. The molecule has 1 aliphatic carbocycles. The van der Waals surface area contributed by atoms with E-state index in [1.807, 2.05) is 41.0 Å². The van der Waals surface area contributed by atoms with Crippen LogP contribution in [0, 0.1) is 5.92 Å². The molecule has 5 rings (SSSR count). The molecular formula is C31H39N5O2. The van der Waals surface area contributed by atoms with Gasteiger partial charge in [0.2, 0.25) is 11.8 Å². The molecule has 0 unspecified atom stereocenters. The van der Waals surface area contributed by atoms with Gasteiger partial charge in [0.25, 0.3) is 0 Å². The number of nitrogens with one attached hydrogen (secondary N) is 2. The zero-order valence-corrected chi connectivity index (χ0v) is 22.5. The minimum Gasteiger partial charge on any atom is -0.378 e. The molecule has 0 radical (unpaired) electrons. The zero-order chi connectivity index (χ0) is 26.5. The highest BCUT2D eigenvalue weighted by Crippen LogP contribution is 2.39. The number of aromatic nitrogens is 2. The van der Waals surface area contributed by atoms with Crippen molar-refractivity contribution < 1.29 is 9.59 Å². The van der Waals surface area contributed by atoms with Crippen LogP contribution in [0.5, 0.6) is 0 Å². The van der Waals surface area contributed by atoms with E-state index in [0.29, 0.717) is 19.5 Å². The molecule has 7 heteroatoms. The maximum Gasteiger partial charge on any atom is 0.226 e. The Morgan fingerprint density at radius 1 is 1.00 bits per heavy atom. The van der Waals surface area contributed by atoms with E-state index in [2.05, 4.69) is 59.1 Å². The third kappa shape index (κ3) is 5.77. The average molecular weight is 514 g/mol. The van der Waals surface area contributed by atoms with Gasteiger partial charge in [0, 0.05) is 48.1 Å². The summed E-state index contributed by atoms with van der Waals surface area (Å²) in [6.07, 6.45) is 10.9. The fourth-order valence-corrected chi connectivity index (χ4v) is 5.90. The van der Waals surface area contributed by atoms with Crippen LogP contribution in [0.4, 0.5) is 11.4 Å². The summed E-state index contributed by atoms with van der Waals surface area (Å²) < 4.78 is 1.90. The van der Waals surface area contributed by atoms with Crippen LogP contribution in [0.3, 0.4) is 0 Å². The molecule has 3 aromatic rings. The fraction of sp³-hybridized carbons (Fsp3) is 0.452. The predicted octanol–water partition coefficient (Wildman–Crippen LogP) is 5.94. The first-order chi connectivity index (χ1) is 18.5. The highest BCUT2D eigenvalue weighted by molar-refractivity contribution is 5.95. The third-order valence-electron chi connectivity index (χ3n) is 7.97. The van der Waals surface area contributed by atoms with Crippen molar-refractivity contribution in [1.82, 2.24) is 15.1 Å². The molecule has 1 aromatic heterocycles. The summed E-state index contributed by atoms with van der Waals surface area (Å²) in [5, 5.41) is 11.3. The minimum atomic E-state index is 0.132. The second kappa shape index (κ2) is 11.8. The number of nitrogens with zero attached hydrogens (tertiary/aromatic N) is 3. The van der Waals surface area contributed by atoms with E-state index in [1.165, 1.54) is 19.3 Å². The smallest absolute Gasteiger partial charge is 0.226 e. The van der Waals surface area contributed by atoms with E-state index in [0.717, 1.165) is 47.3 Å². The minimum absolute atomic E-state index is 0.132. The van der Waals surface area contributed by atoms with Gasteiger partial charge in [-0.15, -0.1) is 0 Å². The number of benzene rings is 2. The normalized spacial score (nSPS) is 19.6. The molecule has 2 N–H and O–H groups in total. The Morgan fingerprint density at radius 2 is 1.76 bits per heavy atom. The van der Waals surface area contributed by atoms with Crippen LogP contribution in [-0.2, 0) is 16.1 Å². The fourth-order valence-electron chi connectivity index (χ4n) is 5.90. The van der Waals surface area contributed by atoms with Gasteiger partial charge < -0.3 is 15.5 Å². The molecule has 200 valence electrons. The Labute approximate surface area is 225 Å².